The fourth-order valence-electron chi connectivity index (χ4n) is 4.16. The summed E-state index contributed by atoms with van der Waals surface area (Å²) in [5.41, 5.74) is 1.58. The average Bonchev–Trinajstić information content (AvgIpc) is 3.13. The van der Waals surface area contributed by atoms with Gasteiger partial charge < -0.3 is 19.3 Å². The normalized spacial score (nSPS) is 24.9. The van der Waals surface area contributed by atoms with Gasteiger partial charge in [0.25, 0.3) is 0 Å². The number of β-amino-alcohol motifs (C(OH)–C–C–N with tert-alkyl or cyclic N) is 1. The molecule has 1 fully saturated rings. The molecule has 3 heterocycles. The summed E-state index contributed by atoms with van der Waals surface area (Å²) in [5, 5.41) is 11.6. The lowest BCUT2D eigenvalue weighted by atomic mass is 9.82. The van der Waals surface area contributed by atoms with Gasteiger partial charge in [0.15, 0.2) is 0 Å². The van der Waals surface area contributed by atoms with Gasteiger partial charge in [-0.05, 0) is 39.2 Å². The number of nitrogens with zero attached hydrogens (tertiary/aromatic N) is 3. The molecule has 1 N–H and O–H groups in total. The van der Waals surface area contributed by atoms with Gasteiger partial charge in [-0.1, -0.05) is 24.3 Å². The Hall–Kier alpha value is -2.34. The first-order valence-electron chi connectivity index (χ1n) is 9.10. The molecule has 0 bridgehead atoms. The zero-order valence-electron chi connectivity index (χ0n) is 15.5. The van der Waals surface area contributed by atoms with Crippen LogP contribution in [0.5, 0.6) is 0 Å². The van der Waals surface area contributed by atoms with Crippen molar-refractivity contribution in [1.29, 1.82) is 0 Å². The molecule has 0 radical (unpaired) electrons. The Balaban J connectivity index is 1.66. The zero-order valence-corrected chi connectivity index (χ0v) is 15.5. The molecule has 2 aliphatic rings. The molecule has 6 nitrogen and oxygen atoms in total. The number of ether oxygens (including phenoxy) is 1. The maximum absolute atomic E-state index is 12.5. The van der Waals surface area contributed by atoms with Gasteiger partial charge in [-0.25, -0.2) is 9.78 Å². The average molecular weight is 355 g/mol. The minimum atomic E-state index is -1.06. The van der Waals surface area contributed by atoms with Crippen molar-refractivity contribution in [2.24, 2.45) is 0 Å². The van der Waals surface area contributed by atoms with Gasteiger partial charge in [0.1, 0.15) is 11.2 Å². The van der Waals surface area contributed by atoms with E-state index in [9.17, 15) is 9.90 Å². The Morgan fingerprint density at radius 2 is 2.12 bits per heavy atom. The van der Waals surface area contributed by atoms with Gasteiger partial charge in [0.2, 0.25) is 0 Å². The van der Waals surface area contributed by atoms with Crippen molar-refractivity contribution >= 4 is 6.09 Å². The van der Waals surface area contributed by atoms with Gasteiger partial charge in [-0.2, -0.15) is 0 Å². The van der Waals surface area contributed by atoms with Gasteiger partial charge in [0, 0.05) is 12.1 Å². The Kier molecular flexibility index (Phi) is 3.84. The number of likely N-dealkylation sites (tertiary alicyclic amines) is 1. The highest BCUT2D eigenvalue weighted by Gasteiger charge is 2.47. The van der Waals surface area contributed by atoms with Crippen LogP contribution in [0.15, 0.2) is 36.8 Å². The minimum Gasteiger partial charge on any atom is -0.444 e. The number of hydrogen-bond acceptors (Lipinski definition) is 4. The monoisotopic (exact) mass is 355 g/mol. The molecule has 0 spiro atoms. The maximum Gasteiger partial charge on any atom is 0.410 e. The Labute approximate surface area is 153 Å². The SMILES string of the molecule is CC(C)(C)OC(=O)N1CCC[C@](O)(C2c3ccccc3-c3cncn32)C1. The highest BCUT2D eigenvalue weighted by molar-refractivity contribution is 5.70. The maximum atomic E-state index is 12.5. The largest absolute Gasteiger partial charge is 0.444 e. The van der Waals surface area contributed by atoms with Crippen LogP contribution in [-0.2, 0) is 4.74 Å². The summed E-state index contributed by atoms with van der Waals surface area (Å²) in [5.74, 6) is 0. The van der Waals surface area contributed by atoms with Crippen LogP contribution in [0, 0.1) is 0 Å². The number of fused-ring (bicyclic) bond motifs is 3. The van der Waals surface area contributed by atoms with E-state index < -0.39 is 11.2 Å². The first-order valence-corrected chi connectivity index (χ1v) is 9.10. The lowest BCUT2D eigenvalue weighted by molar-refractivity contribution is -0.0626. The molecule has 1 aromatic heterocycles. The number of imidazole rings is 1. The number of carbonyl (C=O) groups excluding carboxylic acids is 1. The lowest BCUT2D eigenvalue weighted by Gasteiger charge is -2.43. The van der Waals surface area contributed by atoms with E-state index in [2.05, 4.69) is 17.1 Å². The van der Waals surface area contributed by atoms with Gasteiger partial charge in [-0.3, -0.25) is 0 Å². The van der Waals surface area contributed by atoms with Crippen LogP contribution in [0.25, 0.3) is 11.3 Å². The predicted molar refractivity (Wildman–Crippen MR) is 97.8 cm³/mol. The summed E-state index contributed by atoms with van der Waals surface area (Å²) >= 11 is 0. The number of aliphatic hydroxyl groups is 1. The van der Waals surface area contributed by atoms with E-state index in [-0.39, 0.29) is 18.7 Å². The smallest absolute Gasteiger partial charge is 0.410 e. The summed E-state index contributed by atoms with van der Waals surface area (Å²) in [6.07, 6.45) is 4.59. The number of rotatable bonds is 1. The highest BCUT2D eigenvalue weighted by Crippen LogP contribution is 2.47. The molecule has 1 amide bonds. The second-order valence-electron chi connectivity index (χ2n) is 8.28. The molecule has 2 aliphatic heterocycles. The van der Waals surface area contributed by atoms with E-state index >= 15 is 0 Å². The second-order valence-corrected chi connectivity index (χ2v) is 8.28. The van der Waals surface area contributed by atoms with Crippen LogP contribution in [0.4, 0.5) is 4.79 Å². The van der Waals surface area contributed by atoms with Gasteiger partial charge >= 0.3 is 6.09 Å². The number of carbonyl (C=O) groups is 1. The molecule has 1 unspecified atom stereocenters. The van der Waals surface area contributed by atoms with Crippen molar-refractivity contribution in [3.8, 4) is 11.3 Å². The predicted octanol–water partition coefficient (Wildman–Crippen LogP) is 3.21. The van der Waals surface area contributed by atoms with Crippen LogP contribution in [0.2, 0.25) is 0 Å². The fourth-order valence-corrected chi connectivity index (χ4v) is 4.16. The third kappa shape index (κ3) is 2.78. The van der Waals surface area contributed by atoms with E-state index in [1.165, 1.54) is 0 Å². The molecule has 1 aromatic carbocycles. The summed E-state index contributed by atoms with van der Waals surface area (Å²) in [6.45, 7) is 6.41. The van der Waals surface area contributed by atoms with Crippen molar-refractivity contribution in [2.75, 3.05) is 13.1 Å². The topological polar surface area (TPSA) is 67.6 Å². The van der Waals surface area contributed by atoms with Crippen LogP contribution < -0.4 is 0 Å². The first-order chi connectivity index (χ1) is 12.3. The van der Waals surface area contributed by atoms with Crippen LogP contribution in [-0.4, -0.2) is 49.9 Å². The summed E-state index contributed by atoms with van der Waals surface area (Å²) in [4.78, 5) is 18.4. The van der Waals surface area contributed by atoms with Crippen molar-refractivity contribution in [2.45, 2.75) is 50.9 Å². The quantitative estimate of drug-likeness (QED) is 0.853. The number of hydrogen-bond donors (Lipinski definition) is 1. The van der Waals surface area contributed by atoms with E-state index in [0.29, 0.717) is 13.0 Å². The van der Waals surface area contributed by atoms with Gasteiger partial charge in [-0.15, -0.1) is 0 Å². The molecule has 0 aliphatic carbocycles. The molecular formula is C20H25N3O3. The standard InChI is InChI=1S/C20H25N3O3/c1-19(2,3)26-18(24)22-10-6-9-20(25,12-22)17-15-8-5-4-7-14(15)16-11-21-13-23(16)17/h4-5,7-8,11,13,17,25H,6,9-10,12H2,1-3H3/t17?,20-/m1/s1. The van der Waals surface area contributed by atoms with E-state index in [1.807, 2.05) is 43.7 Å². The van der Waals surface area contributed by atoms with Crippen LogP contribution >= 0.6 is 0 Å². The first kappa shape index (κ1) is 17.1. The van der Waals surface area contributed by atoms with Crippen molar-refractivity contribution in [3.05, 3.63) is 42.4 Å². The summed E-state index contributed by atoms with van der Waals surface area (Å²) in [7, 11) is 0. The number of amides is 1. The van der Waals surface area contributed by atoms with Crippen molar-refractivity contribution < 1.29 is 14.6 Å². The molecular weight excluding hydrogens is 330 g/mol. The fraction of sp³-hybridized carbons (Fsp3) is 0.500. The highest BCUT2D eigenvalue weighted by atomic mass is 16.6. The molecule has 0 saturated carbocycles. The van der Waals surface area contributed by atoms with Gasteiger partial charge in [0.05, 0.1) is 30.8 Å². The molecule has 2 atom stereocenters. The minimum absolute atomic E-state index is 0.249. The Bertz CT molecular complexity index is 839. The third-order valence-corrected chi connectivity index (χ3v) is 5.14. The molecule has 6 heteroatoms. The van der Waals surface area contributed by atoms with Crippen LogP contribution in [0.1, 0.15) is 45.2 Å². The Morgan fingerprint density at radius 3 is 2.88 bits per heavy atom. The molecule has 2 aromatic rings. The molecule has 1 saturated heterocycles. The number of piperidine rings is 1. The van der Waals surface area contributed by atoms with Crippen molar-refractivity contribution in [3.63, 3.8) is 0 Å². The second kappa shape index (κ2) is 5.84. The summed E-state index contributed by atoms with van der Waals surface area (Å²) < 4.78 is 7.54. The third-order valence-electron chi connectivity index (χ3n) is 5.14. The Morgan fingerprint density at radius 1 is 1.35 bits per heavy atom. The van der Waals surface area contributed by atoms with E-state index in [0.717, 1.165) is 23.2 Å². The molecule has 138 valence electrons. The number of benzene rings is 1. The van der Waals surface area contributed by atoms with E-state index in [1.54, 1.807) is 11.2 Å². The van der Waals surface area contributed by atoms with Crippen molar-refractivity contribution in [1.82, 2.24) is 14.5 Å². The molecule has 4 rings (SSSR count). The van der Waals surface area contributed by atoms with Crippen LogP contribution in [0.3, 0.4) is 0 Å². The number of aromatic nitrogens is 2. The molecule has 26 heavy (non-hydrogen) atoms. The summed E-state index contributed by atoms with van der Waals surface area (Å²) in [6, 6.07) is 7.85. The zero-order chi connectivity index (χ0) is 18.5. The lowest BCUT2D eigenvalue weighted by Crippen LogP contribution is -2.55. The van der Waals surface area contributed by atoms with E-state index in [4.69, 9.17) is 4.74 Å².